The summed E-state index contributed by atoms with van der Waals surface area (Å²) in [7, 11) is 0. The minimum atomic E-state index is -0.947. The lowest BCUT2D eigenvalue weighted by Crippen LogP contribution is -2.17. The molecule has 0 aromatic carbocycles. The van der Waals surface area contributed by atoms with Gasteiger partial charge in [0.1, 0.15) is 17.2 Å². The van der Waals surface area contributed by atoms with E-state index in [1.807, 2.05) is 0 Å². The molecule has 0 bridgehead atoms. The number of ketones is 2. The number of nitrogens with zero attached hydrogens (tertiary/aromatic N) is 2. The van der Waals surface area contributed by atoms with E-state index >= 15 is 0 Å². The Morgan fingerprint density at radius 2 is 1.85 bits per heavy atom. The summed E-state index contributed by atoms with van der Waals surface area (Å²) in [6.45, 7) is 0. The van der Waals surface area contributed by atoms with Crippen molar-refractivity contribution < 1.29 is 9.59 Å². The third-order valence-corrected chi connectivity index (χ3v) is 1.78. The molecule has 0 radical (unpaired) electrons. The fourth-order valence-corrected chi connectivity index (χ4v) is 1.04. The molecule has 13 heavy (non-hydrogen) atoms. The van der Waals surface area contributed by atoms with Crippen LogP contribution in [-0.2, 0) is 9.59 Å². The zero-order valence-corrected chi connectivity index (χ0v) is 6.92. The predicted octanol–water partition coefficient (Wildman–Crippen LogP) is 0.605. The molecule has 0 aliphatic heterocycles. The van der Waals surface area contributed by atoms with E-state index < -0.39 is 16.6 Å². The highest BCUT2D eigenvalue weighted by Gasteiger charge is 2.27. The van der Waals surface area contributed by atoms with Gasteiger partial charge in [-0.3, -0.25) is 9.59 Å². The maximum Gasteiger partial charge on any atom is 0.245 e. The van der Waals surface area contributed by atoms with E-state index in [2.05, 4.69) is 0 Å². The molecule has 0 atom stereocenters. The molecule has 1 aliphatic carbocycles. The van der Waals surface area contributed by atoms with Crippen LogP contribution in [0.15, 0.2) is 22.3 Å². The van der Waals surface area contributed by atoms with E-state index in [1.165, 1.54) is 0 Å². The van der Waals surface area contributed by atoms with Crippen molar-refractivity contribution in [3.8, 4) is 12.1 Å². The lowest BCUT2D eigenvalue weighted by molar-refractivity contribution is -0.131. The minimum absolute atomic E-state index is 0.169. The summed E-state index contributed by atoms with van der Waals surface area (Å²) in [5, 5.41) is 16.5. The largest absolute Gasteiger partial charge is 0.285 e. The van der Waals surface area contributed by atoms with Gasteiger partial charge in [0.2, 0.25) is 11.6 Å². The Labute approximate surface area is 78.3 Å². The molecule has 0 amide bonds. The highest BCUT2D eigenvalue weighted by atomic mass is 35.5. The van der Waals surface area contributed by atoms with Gasteiger partial charge < -0.3 is 0 Å². The SMILES string of the molecule is N#CC1=CC(=O)C(=O)C(Cl)=C1C#N. The number of Topliss-reactive ketones (excluding diaryl/α,β-unsaturated/α-hetero) is 1. The fourth-order valence-electron chi connectivity index (χ4n) is 0.806. The van der Waals surface area contributed by atoms with Gasteiger partial charge in [0.05, 0.1) is 11.1 Å². The van der Waals surface area contributed by atoms with Crippen LogP contribution in [-0.4, -0.2) is 11.6 Å². The van der Waals surface area contributed by atoms with Gasteiger partial charge in [-0.15, -0.1) is 0 Å². The summed E-state index contributed by atoms with van der Waals surface area (Å²) < 4.78 is 0. The topological polar surface area (TPSA) is 81.7 Å². The number of rotatable bonds is 0. The predicted molar refractivity (Wildman–Crippen MR) is 42.2 cm³/mol. The summed E-state index contributed by atoms with van der Waals surface area (Å²) in [5.74, 6) is -1.82. The van der Waals surface area contributed by atoms with E-state index in [-0.39, 0.29) is 11.1 Å². The molecule has 0 aromatic rings. The molecule has 5 heteroatoms. The van der Waals surface area contributed by atoms with Gasteiger partial charge in [-0.05, 0) is 0 Å². The maximum absolute atomic E-state index is 10.9. The summed E-state index contributed by atoms with van der Waals surface area (Å²) in [5.41, 5.74) is -0.411. The summed E-state index contributed by atoms with van der Waals surface area (Å²) in [4.78, 5) is 21.7. The average Bonchev–Trinajstić information content (AvgIpc) is 2.13. The van der Waals surface area contributed by atoms with Gasteiger partial charge in [-0.25, -0.2) is 0 Å². The normalized spacial score (nSPS) is 16.4. The van der Waals surface area contributed by atoms with Gasteiger partial charge in [0, 0.05) is 6.08 Å². The Morgan fingerprint density at radius 1 is 1.23 bits per heavy atom. The van der Waals surface area contributed by atoms with Crippen molar-refractivity contribution in [2.75, 3.05) is 0 Å². The van der Waals surface area contributed by atoms with Gasteiger partial charge >= 0.3 is 0 Å². The van der Waals surface area contributed by atoms with E-state index in [9.17, 15) is 9.59 Å². The number of allylic oxidation sites excluding steroid dienone is 4. The highest BCUT2D eigenvalue weighted by Crippen LogP contribution is 2.22. The first-order valence-electron chi connectivity index (χ1n) is 3.12. The second-order valence-electron chi connectivity index (χ2n) is 2.16. The van der Waals surface area contributed by atoms with Crippen molar-refractivity contribution in [1.82, 2.24) is 0 Å². The van der Waals surface area contributed by atoms with Crippen LogP contribution in [0, 0.1) is 22.7 Å². The van der Waals surface area contributed by atoms with Crippen LogP contribution in [0.3, 0.4) is 0 Å². The molecule has 1 aliphatic rings. The first-order valence-corrected chi connectivity index (χ1v) is 3.50. The average molecular weight is 193 g/mol. The Hall–Kier alpha value is -1.91. The summed E-state index contributed by atoms with van der Waals surface area (Å²) >= 11 is 5.40. The molecule has 0 spiro atoms. The van der Waals surface area contributed by atoms with E-state index in [0.717, 1.165) is 6.08 Å². The third kappa shape index (κ3) is 1.35. The molecule has 0 saturated heterocycles. The van der Waals surface area contributed by atoms with Gasteiger partial charge in [0.25, 0.3) is 0 Å². The first kappa shape index (κ1) is 9.18. The molecule has 0 saturated carbocycles. The zero-order chi connectivity index (χ0) is 10.0. The van der Waals surface area contributed by atoms with Crippen molar-refractivity contribution in [3.05, 3.63) is 22.3 Å². The van der Waals surface area contributed by atoms with Gasteiger partial charge in [-0.1, -0.05) is 11.6 Å². The maximum atomic E-state index is 10.9. The van der Waals surface area contributed by atoms with Crippen LogP contribution in [0.25, 0.3) is 0 Å². The van der Waals surface area contributed by atoms with Crippen molar-refractivity contribution in [1.29, 1.82) is 10.5 Å². The number of halogens is 1. The molecule has 0 N–H and O–H groups in total. The summed E-state index contributed by atoms with van der Waals surface area (Å²) in [6.07, 6.45) is 0.812. The number of carbonyl (C=O) groups excluding carboxylic acids is 2. The molecule has 0 aromatic heterocycles. The third-order valence-electron chi connectivity index (χ3n) is 1.42. The quantitative estimate of drug-likeness (QED) is 0.416. The highest BCUT2D eigenvalue weighted by molar-refractivity contribution is 6.61. The standard InChI is InChI=1S/C8HClN2O2/c9-7-5(3-11)4(2-10)1-6(12)8(7)13/h1H. The molecular formula is C8HClN2O2. The van der Waals surface area contributed by atoms with E-state index in [1.54, 1.807) is 12.1 Å². The van der Waals surface area contributed by atoms with Crippen molar-refractivity contribution in [2.24, 2.45) is 0 Å². The van der Waals surface area contributed by atoms with Gasteiger partial charge in [-0.2, -0.15) is 10.5 Å². The monoisotopic (exact) mass is 192 g/mol. The van der Waals surface area contributed by atoms with Crippen LogP contribution in [0.5, 0.6) is 0 Å². The second-order valence-corrected chi connectivity index (χ2v) is 2.54. The molecule has 0 unspecified atom stereocenters. The van der Waals surface area contributed by atoms with Crippen LogP contribution in [0.2, 0.25) is 0 Å². The molecule has 62 valence electrons. The zero-order valence-electron chi connectivity index (χ0n) is 6.17. The minimum Gasteiger partial charge on any atom is -0.285 e. The van der Waals surface area contributed by atoms with Crippen LogP contribution < -0.4 is 0 Å². The van der Waals surface area contributed by atoms with Gasteiger partial charge in [0.15, 0.2) is 0 Å². The molecule has 0 heterocycles. The fraction of sp³-hybridized carbons (Fsp3) is 0. The van der Waals surface area contributed by atoms with E-state index in [4.69, 9.17) is 22.1 Å². The van der Waals surface area contributed by atoms with E-state index in [0.29, 0.717) is 0 Å². The number of hydrogen-bond acceptors (Lipinski definition) is 4. The van der Waals surface area contributed by atoms with Crippen LogP contribution in [0.1, 0.15) is 0 Å². The smallest absolute Gasteiger partial charge is 0.245 e. The molecule has 4 nitrogen and oxygen atoms in total. The molecule has 0 fully saturated rings. The summed E-state index contributed by atoms with van der Waals surface area (Å²) in [6, 6.07) is 3.20. The number of carbonyl (C=O) groups is 2. The van der Waals surface area contributed by atoms with Crippen molar-refractivity contribution in [3.63, 3.8) is 0 Å². The Bertz CT molecular complexity index is 446. The molecule has 1 rings (SSSR count). The Kier molecular flexibility index (Phi) is 2.27. The number of hydrogen-bond donors (Lipinski definition) is 0. The van der Waals surface area contributed by atoms with Crippen LogP contribution >= 0.6 is 11.6 Å². The lowest BCUT2D eigenvalue weighted by Gasteiger charge is -2.04. The number of nitriles is 2. The first-order chi connectivity index (χ1) is 6.11. The van der Waals surface area contributed by atoms with Crippen molar-refractivity contribution in [2.45, 2.75) is 0 Å². The molecular weight excluding hydrogens is 192 g/mol. The Balaban J connectivity index is 3.41. The lowest BCUT2D eigenvalue weighted by atomic mass is 9.98. The van der Waals surface area contributed by atoms with Crippen molar-refractivity contribution >= 4 is 23.2 Å². The van der Waals surface area contributed by atoms with Crippen LogP contribution in [0.4, 0.5) is 0 Å². The Morgan fingerprint density at radius 3 is 2.31 bits per heavy atom. The second kappa shape index (κ2) is 3.22.